The summed E-state index contributed by atoms with van der Waals surface area (Å²) in [4.78, 5) is 38.5. The highest BCUT2D eigenvalue weighted by atomic mass is 35.5. The Kier molecular flexibility index (Phi) is 5.94. The highest BCUT2D eigenvalue weighted by molar-refractivity contribution is 6.38. The summed E-state index contributed by atoms with van der Waals surface area (Å²) < 4.78 is 30.9. The van der Waals surface area contributed by atoms with Crippen LogP contribution in [0.25, 0.3) is 22.4 Å². The Balaban J connectivity index is 1.63. The van der Waals surface area contributed by atoms with Crippen molar-refractivity contribution in [1.82, 2.24) is 29.1 Å². The first-order valence-electron chi connectivity index (χ1n) is 10.3. The van der Waals surface area contributed by atoms with Gasteiger partial charge in [-0.3, -0.25) is 14.6 Å². The van der Waals surface area contributed by atoms with Crippen molar-refractivity contribution >= 4 is 34.2 Å². The molecule has 0 spiro atoms. The summed E-state index contributed by atoms with van der Waals surface area (Å²) in [5.74, 6) is -1.54. The van der Waals surface area contributed by atoms with Crippen molar-refractivity contribution in [3.8, 4) is 17.4 Å². The number of hydrogen-bond donors (Lipinski definition) is 1. The third-order valence-corrected chi connectivity index (χ3v) is 6.04. The van der Waals surface area contributed by atoms with E-state index in [0.717, 1.165) is 16.8 Å². The minimum atomic E-state index is -0.938. The molecular formula is C23H11Cl2F2N7O3. The van der Waals surface area contributed by atoms with E-state index in [0.29, 0.717) is 11.0 Å². The molecule has 37 heavy (non-hydrogen) atoms. The van der Waals surface area contributed by atoms with Gasteiger partial charge >= 0.3 is 5.69 Å². The lowest BCUT2D eigenvalue weighted by atomic mass is 10.2. The van der Waals surface area contributed by atoms with Crippen molar-refractivity contribution in [3.63, 3.8) is 0 Å². The lowest BCUT2D eigenvalue weighted by molar-refractivity contribution is 0.566. The standard InChI is InChI=1S/C23H11Cl2F2N7O3/c24-14-6-13(33-23(37)30-22(36)17(8-28)31-33)7-15(25)21(14)34-18-3-4-20(35)32(19(18)9-29-34)10-11-1-2-12(26)5-16(11)27/h1-7,9H,10H2,(H,30,36,37). The molecule has 0 aliphatic carbocycles. The minimum absolute atomic E-state index is 0.0215. The van der Waals surface area contributed by atoms with E-state index in [2.05, 4.69) is 10.2 Å². The minimum Gasteiger partial charge on any atom is -0.301 e. The molecule has 0 saturated heterocycles. The van der Waals surface area contributed by atoms with Gasteiger partial charge in [-0.2, -0.15) is 15.0 Å². The monoisotopic (exact) mass is 541 g/mol. The number of nitrogens with one attached hydrogen (secondary N) is 1. The molecule has 0 radical (unpaired) electrons. The zero-order chi connectivity index (χ0) is 26.4. The molecule has 184 valence electrons. The van der Waals surface area contributed by atoms with E-state index < -0.39 is 34.1 Å². The molecule has 1 N–H and O–H groups in total. The molecule has 0 aliphatic heterocycles. The first kappa shape index (κ1) is 24.1. The maximum atomic E-state index is 14.2. The highest BCUT2D eigenvalue weighted by Crippen LogP contribution is 2.33. The Hall–Kier alpha value is -4.60. The predicted molar refractivity (Wildman–Crippen MR) is 130 cm³/mol. The second kappa shape index (κ2) is 9.12. The third kappa shape index (κ3) is 4.20. The van der Waals surface area contributed by atoms with Crippen LogP contribution in [0.15, 0.2) is 63.0 Å². The van der Waals surface area contributed by atoms with Crippen molar-refractivity contribution in [2.75, 3.05) is 0 Å². The number of pyridine rings is 1. The molecule has 10 nitrogen and oxygen atoms in total. The summed E-state index contributed by atoms with van der Waals surface area (Å²) in [6.45, 7) is -0.184. The van der Waals surface area contributed by atoms with Crippen LogP contribution in [0, 0.1) is 23.0 Å². The number of aromatic nitrogens is 6. The molecule has 0 aliphatic rings. The lowest BCUT2D eigenvalue weighted by Crippen LogP contribution is -2.33. The second-order valence-corrected chi connectivity index (χ2v) is 8.52. The van der Waals surface area contributed by atoms with E-state index in [9.17, 15) is 23.2 Å². The van der Waals surface area contributed by atoms with Crippen molar-refractivity contribution < 1.29 is 8.78 Å². The quantitative estimate of drug-likeness (QED) is 0.372. The number of fused-ring (bicyclic) bond motifs is 1. The van der Waals surface area contributed by atoms with E-state index in [-0.39, 0.29) is 33.5 Å². The number of halogens is 4. The van der Waals surface area contributed by atoms with Gasteiger partial charge in [-0.1, -0.05) is 29.3 Å². The molecular weight excluding hydrogens is 531 g/mol. The number of nitriles is 1. The van der Waals surface area contributed by atoms with Gasteiger partial charge in [0.1, 0.15) is 23.4 Å². The maximum absolute atomic E-state index is 14.2. The third-order valence-electron chi connectivity index (χ3n) is 5.46. The Bertz CT molecular complexity index is 1930. The smallest absolute Gasteiger partial charge is 0.301 e. The molecule has 0 fully saturated rings. The summed E-state index contributed by atoms with van der Waals surface area (Å²) in [7, 11) is 0. The van der Waals surface area contributed by atoms with E-state index >= 15 is 0 Å². The average molecular weight is 542 g/mol. The summed E-state index contributed by atoms with van der Waals surface area (Å²) in [6.07, 6.45) is 1.37. The Morgan fingerprint density at radius 3 is 2.38 bits per heavy atom. The van der Waals surface area contributed by atoms with Crippen molar-refractivity contribution in [1.29, 1.82) is 5.26 Å². The Labute approximate surface area is 214 Å². The molecule has 3 aromatic heterocycles. The Morgan fingerprint density at radius 2 is 1.70 bits per heavy atom. The van der Waals surface area contributed by atoms with Crippen LogP contribution in [0.2, 0.25) is 10.0 Å². The van der Waals surface area contributed by atoms with Crippen molar-refractivity contribution in [2.24, 2.45) is 0 Å². The van der Waals surface area contributed by atoms with Gasteiger partial charge in [0.25, 0.3) is 11.1 Å². The van der Waals surface area contributed by atoms with Crippen LogP contribution in [0.1, 0.15) is 11.3 Å². The number of nitrogens with zero attached hydrogens (tertiary/aromatic N) is 6. The molecule has 0 unspecified atom stereocenters. The van der Waals surface area contributed by atoms with Gasteiger partial charge < -0.3 is 4.57 Å². The van der Waals surface area contributed by atoms with Crippen LogP contribution in [0.4, 0.5) is 8.78 Å². The molecule has 0 amide bonds. The fraction of sp³-hybridized carbons (Fsp3) is 0.0435. The van der Waals surface area contributed by atoms with Gasteiger partial charge in [-0.15, -0.1) is 5.10 Å². The van der Waals surface area contributed by atoms with E-state index in [1.54, 1.807) is 6.07 Å². The van der Waals surface area contributed by atoms with Crippen LogP contribution in [-0.2, 0) is 6.54 Å². The predicted octanol–water partition coefficient (Wildman–Crippen LogP) is 2.93. The fourth-order valence-electron chi connectivity index (χ4n) is 3.76. The van der Waals surface area contributed by atoms with Gasteiger partial charge in [0.2, 0.25) is 5.69 Å². The number of aromatic amines is 1. The molecule has 2 aromatic carbocycles. The first-order valence-corrected chi connectivity index (χ1v) is 11.1. The average Bonchev–Trinajstić information content (AvgIpc) is 3.25. The van der Waals surface area contributed by atoms with Crippen molar-refractivity contribution in [3.05, 3.63) is 113 Å². The van der Waals surface area contributed by atoms with Gasteiger partial charge in [0.15, 0.2) is 0 Å². The van der Waals surface area contributed by atoms with E-state index in [4.69, 9.17) is 28.5 Å². The zero-order valence-corrected chi connectivity index (χ0v) is 19.8. The summed E-state index contributed by atoms with van der Waals surface area (Å²) in [6, 6.07) is 10.0. The number of rotatable bonds is 4. The van der Waals surface area contributed by atoms with Crippen LogP contribution in [-0.4, -0.2) is 29.1 Å². The topological polar surface area (TPSA) is 131 Å². The normalized spacial score (nSPS) is 11.1. The van der Waals surface area contributed by atoms with E-state index in [1.807, 2.05) is 4.98 Å². The lowest BCUT2D eigenvalue weighted by Gasteiger charge is -2.13. The summed E-state index contributed by atoms with van der Waals surface area (Å²) >= 11 is 13.0. The number of H-pyrrole nitrogens is 1. The van der Waals surface area contributed by atoms with Crippen molar-refractivity contribution in [2.45, 2.75) is 6.54 Å². The van der Waals surface area contributed by atoms with Crippen LogP contribution < -0.4 is 16.8 Å². The van der Waals surface area contributed by atoms with Gasteiger partial charge in [0.05, 0.1) is 39.5 Å². The molecule has 0 atom stereocenters. The second-order valence-electron chi connectivity index (χ2n) is 7.71. The Morgan fingerprint density at radius 1 is 0.973 bits per heavy atom. The maximum Gasteiger partial charge on any atom is 0.349 e. The molecule has 5 aromatic rings. The van der Waals surface area contributed by atoms with Crippen LogP contribution in [0.5, 0.6) is 0 Å². The number of hydrogen-bond acceptors (Lipinski definition) is 6. The molecule has 0 bridgehead atoms. The van der Waals surface area contributed by atoms with Gasteiger partial charge in [-0.05, 0) is 24.3 Å². The summed E-state index contributed by atoms with van der Waals surface area (Å²) in [5.41, 5.74) is -1.76. The van der Waals surface area contributed by atoms with Gasteiger partial charge in [-0.25, -0.2) is 18.3 Å². The zero-order valence-electron chi connectivity index (χ0n) is 18.2. The van der Waals surface area contributed by atoms with Gasteiger partial charge in [0, 0.05) is 17.7 Å². The highest BCUT2D eigenvalue weighted by Gasteiger charge is 2.19. The van der Waals surface area contributed by atoms with Crippen LogP contribution in [0.3, 0.4) is 0 Å². The molecule has 3 heterocycles. The largest absolute Gasteiger partial charge is 0.349 e. The molecule has 0 saturated carbocycles. The number of benzene rings is 2. The van der Waals surface area contributed by atoms with Crippen LogP contribution >= 0.6 is 23.2 Å². The van der Waals surface area contributed by atoms with E-state index in [1.165, 1.54) is 45.8 Å². The SMILES string of the molecule is N#Cc1nn(-c2cc(Cl)c(-n3ncc4c3ccc(=O)n4Cc3ccc(F)cc3F)c(Cl)c2)c(=O)[nH]c1=O. The first-order chi connectivity index (χ1) is 17.7. The molecule has 14 heteroatoms. The summed E-state index contributed by atoms with van der Waals surface area (Å²) in [5, 5.41) is 17.1. The fourth-order valence-corrected chi connectivity index (χ4v) is 4.39. The molecule has 5 rings (SSSR count).